The number of carbonyl (C=O) groups excluding carboxylic acids is 1. The molecular formula is C14H17NO3. The zero-order chi connectivity index (χ0) is 13.5. The molecule has 4 nitrogen and oxygen atoms in total. The molecule has 0 aliphatic carbocycles. The summed E-state index contributed by atoms with van der Waals surface area (Å²) in [7, 11) is 0. The van der Waals surface area contributed by atoms with Crippen molar-refractivity contribution in [3.05, 3.63) is 34.9 Å². The van der Waals surface area contributed by atoms with Gasteiger partial charge in [-0.1, -0.05) is 32.9 Å². The predicted molar refractivity (Wildman–Crippen MR) is 67.6 cm³/mol. The predicted octanol–water partition coefficient (Wildman–Crippen LogP) is 3.08. The standard InChI is InChI=1S/C14H17NO3/c1-14(2,3)12-11-5-4-9(8-16)6-10(11)7-15(12)13(17)18/h4-6,8,12H,7H2,1-3H3,(H,17,18). The molecule has 1 N–H and O–H groups in total. The van der Waals surface area contributed by atoms with Crippen LogP contribution in [0.1, 0.15) is 48.3 Å². The molecule has 1 atom stereocenters. The minimum atomic E-state index is -0.918. The number of hydrogen-bond donors (Lipinski definition) is 1. The molecule has 0 aromatic heterocycles. The number of hydrogen-bond acceptors (Lipinski definition) is 2. The molecule has 4 heteroatoms. The summed E-state index contributed by atoms with van der Waals surface area (Å²) in [5.74, 6) is 0. The molecule has 1 aromatic rings. The van der Waals surface area contributed by atoms with Crippen molar-refractivity contribution >= 4 is 12.4 Å². The molecule has 0 spiro atoms. The van der Waals surface area contributed by atoms with Gasteiger partial charge in [0.25, 0.3) is 0 Å². The van der Waals surface area contributed by atoms with Gasteiger partial charge in [-0.3, -0.25) is 9.69 Å². The lowest BCUT2D eigenvalue weighted by Gasteiger charge is -2.33. The Kier molecular flexibility index (Phi) is 2.89. The second-order valence-electron chi connectivity index (χ2n) is 5.76. The van der Waals surface area contributed by atoms with E-state index in [1.165, 1.54) is 4.90 Å². The summed E-state index contributed by atoms with van der Waals surface area (Å²) in [4.78, 5) is 23.6. The molecule has 1 aromatic carbocycles. The zero-order valence-electron chi connectivity index (χ0n) is 10.8. The molecule has 96 valence electrons. The number of carboxylic acid groups (broad SMARTS) is 1. The Labute approximate surface area is 106 Å². The fraction of sp³-hybridized carbons (Fsp3) is 0.429. The largest absolute Gasteiger partial charge is 0.465 e. The molecule has 0 radical (unpaired) electrons. The van der Waals surface area contributed by atoms with Crippen LogP contribution in [0.5, 0.6) is 0 Å². The third-order valence-electron chi connectivity index (χ3n) is 3.32. The molecule has 0 saturated carbocycles. The molecule has 2 rings (SSSR count). The van der Waals surface area contributed by atoms with Gasteiger partial charge in [-0.05, 0) is 22.6 Å². The van der Waals surface area contributed by atoms with E-state index in [1.54, 1.807) is 12.1 Å². The molecule has 1 unspecified atom stereocenters. The molecule has 1 heterocycles. The third-order valence-corrected chi connectivity index (χ3v) is 3.32. The van der Waals surface area contributed by atoms with Crippen LogP contribution in [0.15, 0.2) is 18.2 Å². The highest BCUT2D eigenvalue weighted by molar-refractivity contribution is 5.76. The molecule has 0 bridgehead atoms. The van der Waals surface area contributed by atoms with Crippen LogP contribution in [-0.2, 0) is 6.54 Å². The van der Waals surface area contributed by atoms with Crippen LogP contribution in [0.25, 0.3) is 0 Å². The SMILES string of the molecule is CC(C)(C)C1c2ccc(C=O)cc2CN1C(=O)O. The summed E-state index contributed by atoms with van der Waals surface area (Å²) in [5, 5.41) is 9.30. The van der Waals surface area contributed by atoms with Crippen LogP contribution in [0, 0.1) is 5.41 Å². The van der Waals surface area contributed by atoms with Crippen molar-refractivity contribution in [1.29, 1.82) is 0 Å². The first-order chi connectivity index (χ1) is 8.34. The van der Waals surface area contributed by atoms with Crippen LogP contribution < -0.4 is 0 Å². The van der Waals surface area contributed by atoms with Gasteiger partial charge in [0.15, 0.2) is 0 Å². The minimum absolute atomic E-state index is 0.161. The summed E-state index contributed by atoms with van der Waals surface area (Å²) in [6, 6.07) is 5.24. The van der Waals surface area contributed by atoms with Crippen LogP contribution in [0.3, 0.4) is 0 Å². The first-order valence-electron chi connectivity index (χ1n) is 5.92. The maximum atomic E-state index is 11.3. The number of carbonyl (C=O) groups is 2. The quantitative estimate of drug-likeness (QED) is 0.776. The van der Waals surface area contributed by atoms with Gasteiger partial charge in [0.1, 0.15) is 6.29 Å². The summed E-state index contributed by atoms with van der Waals surface area (Å²) < 4.78 is 0. The maximum Gasteiger partial charge on any atom is 0.408 e. The van der Waals surface area contributed by atoms with Gasteiger partial charge in [0.05, 0.1) is 12.6 Å². The van der Waals surface area contributed by atoms with E-state index in [1.807, 2.05) is 26.8 Å². The maximum absolute atomic E-state index is 11.3. The Morgan fingerprint density at radius 1 is 1.44 bits per heavy atom. The van der Waals surface area contributed by atoms with Crippen LogP contribution in [-0.4, -0.2) is 22.4 Å². The van der Waals surface area contributed by atoms with Crippen LogP contribution >= 0.6 is 0 Å². The summed E-state index contributed by atoms with van der Waals surface area (Å²) in [5.41, 5.74) is 2.36. The molecule has 1 amide bonds. The van der Waals surface area contributed by atoms with Gasteiger partial charge >= 0.3 is 6.09 Å². The molecule has 0 saturated heterocycles. The Hall–Kier alpha value is -1.84. The number of fused-ring (bicyclic) bond motifs is 1. The first kappa shape index (κ1) is 12.6. The fourth-order valence-electron chi connectivity index (χ4n) is 2.66. The van der Waals surface area contributed by atoms with Crippen molar-refractivity contribution in [3.8, 4) is 0 Å². The van der Waals surface area contributed by atoms with E-state index in [0.717, 1.165) is 17.4 Å². The fourth-order valence-corrected chi connectivity index (χ4v) is 2.66. The molecular weight excluding hydrogens is 230 g/mol. The lowest BCUT2D eigenvalue weighted by molar-refractivity contribution is 0.0900. The second-order valence-corrected chi connectivity index (χ2v) is 5.76. The summed E-state index contributed by atoms with van der Waals surface area (Å²) in [6.45, 7) is 6.43. The lowest BCUT2D eigenvalue weighted by Crippen LogP contribution is -2.35. The van der Waals surface area contributed by atoms with Gasteiger partial charge < -0.3 is 5.11 Å². The number of rotatable bonds is 1. The Bertz CT molecular complexity index is 502. The van der Waals surface area contributed by atoms with Crippen molar-refractivity contribution in [1.82, 2.24) is 4.90 Å². The highest BCUT2D eigenvalue weighted by atomic mass is 16.4. The number of aldehydes is 1. The monoisotopic (exact) mass is 247 g/mol. The number of benzene rings is 1. The van der Waals surface area contributed by atoms with Crippen molar-refractivity contribution in [2.75, 3.05) is 0 Å². The van der Waals surface area contributed by atoms with E-state index in [0.29, 0.717) is 12.1 Å². The second kappa shape index (κ2) is 4.12. The lowest BCUT2D eigenvalue weighted by atomic mass is 9.82. The van der Waals surface area contributed by atoms with Gasteiger partial charge in [-0.2, -0.15) is 0 Å². The number of nitrogens with zero attached hydrogens (tertiary/aromatic N) is 1. The van der Waals surface area contributed by atoms with Crippen molar-refractivity contribution in [3.63, 3.8) is 0 Å². The van der Waals surface area contributed by atoms with Crippen LogP contribution in [0.4, 0.5) is 4.79 Å². The Morgan fingerprint density at radius 2 is 2.11 bits per heavy atom. The Balaban J connectivity index is 2.51. The highest BCUT2D eigenvalue weighted by Crippen LogP contribution is 2.45. The summed E-state index contributed by atoms with van der Waals surface area (Å²) >= 11 is 0. The highest BCUT2D eigenvalue weighted by Gasteiger charge is 2.40. The van der Waals surface area contributed by atoms with Crippen molar-refractivity contribution in [2.24, 2.45) is 5.41 Å². The molecule has 1 aliphatic heterocycles. The average Bonchev–Trinajstić information content (AvgIpc) is 2.66. The van der Waals surface area contributed by atoms with E-state index in [9.17, 15) is 14.7 Å². The first-order valence-corrected chi connectivity index (χ1v) is 5.92. The molecule has 0 fully saturated rings. The van der Waals surface area contributed by atoms with Crippen molar-refractivity contribution < 1.29 is 14.7 Å². The van der Waals surface area contributed by atoms with E-state index in [2.05, 4.69) is 0 Å². The van der Waals surface area contributed by atoms with Crippen molar-refractivity contribution in [2.45, 2.75) is 33.4 Å². The van der Waals surface area contributed by atoms with Crippen LogP contribution in [0.2, 0.25) is 0 Å². The summed E-state index contributed by atoms with van der Waals surface area (Å²) in [6.07, 6.45) is -0.130. The molecule has 1 aliphatic rings. The third kappa shape index (κ3) is 1.98. The van der Waals surface area contributed by atoms with Gasteiger partial charge in [-0.25, -0.2) is 4.79 Å². The normalized spacial score (nSPS) is 18.6. The zero-order valence-corrected chi connectivity index (χ0v) is 10.8. The van der Waals surface area contributed by atoms with E-state index >= 15 is 0 Å². The van der Waals surface area contributed by atoms with Gasteiger partial charge in [-0.15, -0.1) is 0 Å². The van der Waals surface area contributed by atoms with E-state index < -0.39 is 6.09 Å². The minimum Gasteiger partial charge on any atom is -0.465 e. The smallest absolute Gasteiger partial charge is 0.408 e. The van der Waals surface area contributed by atoms with E-state index in [-0.39, 0.29) is 11.5 Å². The Morgan fingerprint density at radius 3 is 2.61 bits per heavy atom. The van der Waals surface area contributed by atoms with Gasteiger partial charge in [0.2, 0.25) is 0 Å². The van der Waals surface area contributed by atoms with E-state index in [4.69, 9.17) is 0 Å². The number of amides is 1. The molecule has 18 heavy (non-hydrogen) atoms. The van der Waals surface area contributed by atoms with Gasteiger partial charge in [0, 0.05) is 5.56 Å². The average molecular weight is 247 g/mol. The topological polar surface area (TPSA) is 57.6 Å².